The standard InChI is InChI=1S/C8H16N2O2S/c1-7-5-3-4-6-8(7)9-10-13(2,11)12/h7,10H,3-6H2,1-2H3/b9-8-/t7-/m1/s1. The number of hydrogen-bond acceptors (Lipinski definition) is 3. The summed E-state index contributed by atoms with van der Waals surface area (Å²) in [6.45, 7) is 2.09. The maximum Gasteiger partial charge on any atom is 0.244 e. The smallest absolute Gasteiger partial charge is 0.206 e. The molecule has 0 amide bonds. The molecule has 1 fully saturated rings. The Morgan fingerprint density at radius 1 is 1.46 bits per heavy atom. The summed E-state index contributed by atoms with van der Waals surface area (Å²) in [5.74, 6) is 0.419. The van der Waals surface area contributed by atoms with Gasteiger partial charge in [-0.1, -0.05) is 13.3 Å². The van der Waals surface area contributed by atoms with Crippen LogP contribution in [0.3, 0.4) is 0 Å². The highest BCUT2D eigenvalue weighted by Gasteiger charge is 2.16. The van der Waals surface area contributed by atoms with Crippen molar-refractivity contribution in [1.29, 1.82) is 0 Å². The van der Waals surface area contributed by atoms with Crippen LogP contribution >= 0.6 is 0 Å². The summed E-state index contributed by atoms with van der Waals surface area (Å²) < 4.78 is 21.5. The quantitative estimate of drug-likeness (QED) is 0.685. The van der Waals surface area contributed by atoms with Gasteiger partial charge in [0.25, 0.3) is 0 Å². The third kappa shape index (κ3) is 3.76. The summed E-state index contributed by atoms with van der Waals surface area (Å²) >= 11 is 0. The Bertz CT molecular complexity index is 295. The van der Waals surface area contributed by atoms with Crippen molar-refractivity contribution in [2.45, 2.75) is 32.6 Å². The summed E-state index contributed by atoms with van der Waals surface area (Å²) in [4.78, 5) is 2.18. The van der Waals surface area contributed by atoms with E-state index in [0.29, 0.717) is 5.92 Å². The fraction of sp³-hybridized carbons (Fsp3) is 0.875. The summed E-state index contributed by atoms with van der Waals surface area (Å²) in [6.07, 6.45) is 5.49. The van der Waals surface area contributed by atoms with Crippen molar-refractivity contribution >= 4 is 15.7 Å². The van der Waals surface area contributed by atoms with Gasteiger partial charge in [-0.2, -0.15) is 5.10 Å². The van der Waals surface area contributed by atoms with E-state index in [9.17, 15) is 8.42 Å². The van der Waals surface area contributed by atoms with Crippen LogP contribution in [0.2, 0.25) is 0 Å². The predicted molar refractivity (Wildman–Crippen MR) is 53.0 cm³/mol. The first kappa shape index (κ1) is 10.5. The van der Waals surface area contributed by atoms with E-state index in [0.717, 1.165) is 31.2 Å². The Morgan fingerprint density at radius 3 is 2.69 bits per heavy atom. The molecular weight excluding hydrogens is 188 g/mol. The average molecular weight is 204 g/mol. The van der Waals surface area contributed by atoms with Gasteiger partial charge in [0, 0.05) is 5.71 Å². The van der Waals surface area contributed by atoms with Crippen molar-refractivity contribution in [2.75, 3.05) is 6.26 Å². The monoisotopic (exact) mass is 204 g/mol. The highest BCUT2D eigenvalue weighted by atomic mass is 32.2. The second-order valence-corrected chi connectivity index (χ2v) is 5.34. The summed E-state index contributed by atoms with van der Waals surface area (Å²) in [7, 11) is -3.18. The third-order valence-electron chi connectivity index (χ3n) is 2.24. The van der Waals surface area contributed by atoms with Crippen molar-refractivity contribution in [3.05, 3.63) is 0 Å². The molecule has 76 valence electrons. The summed E-state index contributed by atoms with van der Waals surface area (Å²) in [6, 6.07) is 0. The van der Waals surface area contributed by atoms with E-state index in [-0.39, 0.29) is 0 Å². The number of nitrogens with zero attached hydrogens (tertiary/aromatic N) is 1. The minimum atomic E-state index is -3.18. The molecule has 13 heavy (non-hydrogen) atoms. The lowest BCUT2D eigenvalue weighted by atomic mass is 9.89. The number of hydrogen-bond donors (Lipinski definition) is 1. The Balaban J connectivity index is 2.59. The zero-order valence-corrected chi connectivity index (χ0v) is 8.89. The van der Waals surface area contributed by atoms with Gasteiger partial charge in [-0.05, 0) is 25.2 Å². The second kappa shape index (κ2) is 4.09. The molecule has 0 heterocycles. The molecular formula is C8H16N2O2S. The van der Waals surface area contributed by atoms with E-state index in [1.807, 2.05) is 0 Å². The Morgan fingerprint density at radius 2 is 2.15 bits per heavy atom. The Labute approximate surface area is 79.5 Å². The fourth-order valence-electron chi connectivity index (χ4n) is 1.48. The zero-order chi connectivity index (χ0) is 9.90. The zero-order valence-electron chi connectivity index (χ0n) is 8.08. The Kier molecular flexibility index (Phi) is 3.30. The summed E-state index contributed by atoms with van der Waals surface area (Å²) in [5.41, 5.74) is 0.983. The van der Waals surface area contributed by atoms with Gasteiger partial charge in [0.2, 0.25) is 10.0 Å². The first-order valence-corrected chi connectivity index (χ1v) is 6.41. The van der Waals surface area contributed by atoms with Crippen molar-refractivity contribution in [3.8, 4) is 0 Å². The molecule has 0 saturated heterocycles. The number of sulfonamides is 1. The van der Waals surface area contributed by atoms with Crippen LogP contribution in [0.5, 0.6) is 0 Å². The third-order valence-corrected chi connectivity index (χ3v) is 2.67. The molecule has 0 aromatic rings. The molecule has 5 heteroatoms. The molecule has 4 nitrogen and oxygen atoms in total. The van der Waals surface area contributed by atoms with Gasteiger partial charge in [0.05, 0.1) is 6.26 Å². The minimum Gasteiger partial charge on any atom is -0.206 e. The van der Waals surface area contributed by atoms with E-state index in [1.165, 1.54) is 6.42 Å². The molecule has 1 atom stereocenters. The second-order valence-electron chi connectivity index (χ2n) is 3.61. The molecule has 0 aliphatic heterocycles. The molecule has 1 N–H and O–H groups in total. The van der Waals surface area contributed by atoms with E-state index < -0.39 is 10.0 Å². The van der Waals surface area contributed by atoms with Crippen molar-refractivity contribution in [1.82, 2.24) is 4.83 Å². The van der Waals surface area contributed by atoms with Crippen LogP contribution in [0.4, 0.5) is 0 Å². The van der Waals surface area contributed by atoms with E-state index in [1.54, 1.807) is 0 Å². The molecule has 0 bridgehead atoms. The van der Waals surface area contributed by atoms with E-state index in [4.69, 9.17) is 0 Å². The van der Waals surface area contributed by atoms with Crippen LogP contribution < -0.4 is 4.83 Å². The average Bonchev–Trinajstić information content (AvgIpc) is 2.01. The number of nitrogens with one attached hydrogen (secondary N) is 1. The fourth-order valence-corrected chi connectivity index (χ4v) is 1.76. The normalized spacial score (nSPS) is 27.5. The SMILES string of the molecule is C[C@@H]1CCCC/C1=N/NS(C)(=O)=O. The highest BCUT2D eigenvalue weighted by molar-refractivity contribution is 7.88. The maximum atomic E-state index is 10.8. The van der Waals surface area contributed by atoms with Gasteiger partial charge in [-0.15, -0.1) is 0 Å². The lowest BCUT2D eigenvalue weighted by Crippen LogP contribution is -2.23. The largest absolute Gasteiger partial charge is 0.244 e. The van der Waals surface area contributed by atoms with Gasteiger partial charge in [-0.3, -0.25) is 0 Å². The lowest BCUT2D eigenvalue weighted by Gasteiger charge is -2.19. The lowest BCUT2D eigenvalue weighted by molar-refractivity contribution is 0.553. The van der Waals surface area contributed by atoms with Crippen LogP contribution in [0.15, 0.2) is 5.10 Å². The van der Waals surface area contributed by atoms with E-state index >= 15 is 0 Å². The predicted octanol–water partition coefficient (Wildman–Crippen LogP) is 1.10. The van der Waals surface area contributed by atoms with Crippen LogP contribution in [-0.4, -0.2) is 20.4 Å². The van der Waals surface area contributed by atoms with Crippen LogP contribution in [0.1, 0.15) is 32.6 Å². The van der Waals surface area contributed by atoms with Crippen LogP contribution in [0.25, 0.3) is 0 Å². The topological polar surface area (TPSA) is 58.5 Å². The van der Waals surface area contributed by atoms with Crippen LogP contribution in [0, 0.1) is 5.92 Å². The van der Waals surface area contributed by atoms with Gasteiger partial charge < -0.3 is 0 Å². The molecule has 1 rings (SSSR count). The molecule has 1 saturated carbocycles. The van der Waals surface area contributed by atoms with E-state index in [2.05, 4.69) is 16.9 Å². The van der Waals surface area contributed by atoms with Gasteiger partial charge in [-0.25, -0.2) is 13.2 Å². The molecule has 1 aliphatic carbocycles. The molecule has 0 aromatic carbocycles. The van der Waals surface area contributed by atoms with Gasteiger partial charge >= 0.3 is 0 Å². The van der Waals surface area contributed by atoms with Crippen molar-refractivity contribution < 1.29 is 8.42 Å². The number of hydrazone groups is 1. The van der Waals surface area contributed by atoms with Crippen LogP contribution in [-0.2, 0) is 10.0 Å². The number of rotatable bonds is 2. The first-order chi connectivity index (χ1) is 5.99. The maximum absolute atomic E-state index is 10.8. The van der Waals surface area contributed by atoms with Crippen molar-refractivity contribution in [2.24, 2.45) is 11.0 Å². The molecule has 0 unspecified atom stereocenters. The van der Waals surface area contributed by atoms with Gasteiger partial charge in [0.15, 0.2) is 0 Å². The molecule has 0 spiro atoms. The first-order valence-electron chi connectivity index (χ1n) is 4.52. The minimum absolute atomic E-state index is 0.419. The van der Waals surface area contributed by atoms with Crippen molar-refractivity contribution in [3.63, 3.8) is 0 Å². The van der Waals surface area contributed by atoms with Gasteiger partial charge in [0.1, 0.15) is 0 Å². The molecule has 0 aromatic heterocycles. The summed E-state index contributed by atoms with van der Waals surface area (Å²) in [5, 5.41) is 3.91. The molecule has 0 radical (unpaired) electrons. The Hall–Kier alpha value is -0.580. The highest BCUT2D eigenvalue weighted by Crippen LogP contribution is 2.20. The molecule has 1 aliphatic rings.